The summed E-state index contributed by atoms with van der Waals surface area (Å²) < 4.78 is 10.3. The lowest BCUT2D eigenvalue weighted by molar-refractivity contribution is -0.384. The summed E-state index contributed by atoms with van der Waals surface area (Å²) >= 11 is 0. The first-order valence-electron chi connectivity index (χ1n) is 9.86. The molecule has 2 aromatic carbocycles. The molecule has 0 aromatic heterocycles. The Bertz CT molecular complexity index is 1080. The van der Waals surface area contributed by atoms with Crippen molar-refractivity contribution < 1.29 is 28.8 Å². The van der Waals surface area contributed by atoms with Crippen LogP contribution in [-0.4, -0.2) is 43.0 Å². The van der Waals surface area contributed by atoms with Gasteiger partial charge in [0.05, 0.1) is 29.7 Å². The standard InChI is InChI=1S/C22H23N3O7/c1-13-4-6-17(14(2)8-13)23-20(26)12-32-22(28)15-9-21(27)24(11-15)18-7-5-16(25(29)30)10-19(18)31-3/h4-8,10,15H,9,11-12H2,1-3H3,(H,23,26)/t15-/m1/s1. The molecule has 10 nitrogen and oxygen atoms in total. The Morgan fingerprint density at radius 1 is 1.22 bits per heavy atom. The molecule has 0 aliphatic carbocycles. The van der Waals surface area contributed by atoms with E-state index >= 15 is 0 Å². The van der Waals surface area contributed by atoms with Crippen LogP contribution >= 0.6 is 0 Å². The highest BCUT2D eigenvalue weighted by Gasteiger charge is 2.37. The Labute approximate surface area is 184 Å². The minimum absolute atomic E-state index is 0.0184. The first-order chi connectivity index (χ1) is 15.2. The van der Waals surface area contributed by atoms with Crippen molar-refractivity contribution in [3.8, 4) is 5.75 Å². The lowest BCUT2D eigenvalue weighted by Gasteiger charge is -2.19. The van der Waals surface area contributed by atoms with Gasteiger partial charge in [-0.1, -0.05) is 17.7 Å². The molecule has 1 saturated heterocycles. The molecule has 1 aliphatic rings. The molecule has 1 aliphatic heterocycles. The zero-order valence-electron chi connectivity index (χ0n) is 17.9. The maximum atomic E-state index is 12.5. The number of ether oxygens (including phenoxy) is 2. The summed E-state index contributed by atoms with van der Waals surface area (Å²) in [6.07, 6.45) is -0.0995. The van der Waals surface area contributed by atoms with Crippen LogP contribution < -0.4 is 15.0 Å². The van der Waals surface area contributed by atoms with Crippen molar-refractivity contribution in [3.63, 3.8) is 0 Å². The monoisotopic (exact) mass is 441 g/mol. The average molecular weight is 441 g/mol. The summed E-state index contributed by atoms with van der Waals surface area (Å²) in [5.74, 6) is -2.12. The normalized spacial score (nSPS) is 15.4. The smallest absolute Gasteiger partial charge is 0.311 e. The average Bonchev–Trinajstić information content (AvgIpc) is 3.15. The van der Waals surface area contributed by atoms with Gasteiger partial charge in [0, 0.05) is 24.7 Å². The van der Waals surface area contributed by atoms with E-state index in [1.165, 1.54) is 30.2 Å². The number of carbonyl (C=O) groups excluding carboxylic acids is 3. The molecule has 168 valence electrons. The number of nitro groups is 1. The Hall–Kier alpha value is -3.95. The fourth-order valence-electron chi connectivity index (χ4n) is 3.50. The van der Waals surface area contributed by atoms with Gasteiger partial charge in [-0.15, -0.1) is 0 Å². The first-order valence-corrected chi connectivity index (χ1v) is 9.86. The third-order valence-corrected chi connectivity index (χ3v) is 5.12. The Kier molecular flexibility index (Phi) is 6.72. The molecule has 2 aromatic rings. The van der Waals surface area contributed by atoms with Crippen molar-refractivity contribution >= 4 is 34.8 Å². The number of methoxy groups -OCH3 is 1. The van der Waals surface area contributed by atoms with E-state index in [1.54, 1.807) is 6.07 Å². The Morgan fingerprint density at radius 3 is 2.62 bits per heavy atom. The van der Waals surface area contributed by atoms with Gasteiger partial charge < -0.3 is 19.7 Å². The number of rotatable bonds is 7. The maximum Gasteiger partial charge on any atom is 0.311 e. The van der Waals surface area contributed by atoms with Gasteiger partial charge in [0.1, 0.15) is 5.75 Å². The summed E-state index contributed by atoms with van der Waals surface area (Å²) in [5, 5.41) is 13.6. The number of nitrogens with one attached hydrogen (secondary N) is 1. The van der Waals surface area contributed by atoms with E-state index in [1.807, 2.05) is 26.0 Å². The lowest BCUT2D eigenvalue weighted by Crippen LogP contribution is -2.28. The van der Waals surface area contributed by atoms with Crippen LogP contribution in [0.15, 0.2) is 36.4 Å². The number of esters is 1. The molecule has 0 radical (unpaired) electrons. The van der Waals surface area contributed by atoms with Gasteiger partial charge in [0.15, 0.2) is 6.61 Å². The van der Waals surface area contributed by atoms with E-state index in [2.05, 4.69) is 5.32 Å². The van der Waals surface area contributed by atoms with Gasteiger partial charge in [-0.2, -0.15) is 0 Å². The molecule has 0 spiro atoms. The fraction of sp³-hybridized carbons (Fsp3) is 0.318. The Morgan fingerprint density at radius 2 is 1.97 bits per heavy atom. The predicted molar refractivity (Wildman–Crippen MR) is 116 cm³/mol. The van der Waals surface area contributed by atoms with Crippen molar-refractivity contribution in [3.05, 3.63) is 57.6 Å². The number of carbonyl (C=O) groups is 3. The largest absolute Gasteiger partial charge is 0.494 e. The Balaban J connectivity index is 1.60. The highest BCUT2D eigenvalue weighted by molar-refractivity contribution is 6.01. The molecule has 1 fully saturated rings. The number of hydrogen-bond donors (Lipinski definition) is 1. The van der Waals surface area contributed by atoms with E-state index in [4.69, 9.17) is 9.47 Å². The van der Waals surface area contributed by atoms with E-state index in [-0.39, 0.29) is 30.3 Å². The number of anilines is 2. The second-order valence-electron chi connectivity index (χ2n) is 7.49. The molecule has 10 heteroatoms. The van der Waals surface area contributed by atoms with Crippen LogP contribution in [0.2, 0.25) is 0 Å². The molecule has 3 rings (SSSR count). The molecule has 0 unspecified atom stereocenters. The van der Waals surface area contributed by atoms with Gasteiger partial charge in [-0.05, 0) is 31.5 Å². The molecule has 1 heterocycles. The minimum atomic E-state index is -0.767. The molecule has 32 heavy (non-hydrogen) atoms. The molecule has 1 atom stereocenters. The molecule has 0 saturated carbocycles. The summed E-state index contributed by atoms with van der Waals surface area (Å²) in [7, 11) is 1.34. The molecular weight excluding hydrogens is 418 g/mol. The van der Waals surface area contributed by atoms with E-state index in [9.17, 15) is 24.5 Å². The van der Waals surface area contributed by atoms with Gasteiger partial charge in [0.25, 0.3) is 11.6 Å². The number of nitrogens with zero attached hydrogens (tertiary/aromatic N) is 2. The topological polar surface area (TPSA) is 128 Å². The summed E-state index contributed by atoms with van der Waals surface area (Å²) in [6, 6.07) is 9.43. The third-order valence-electron chi connectivity index (χ3n) is 5.12. The SMILES string of the molecule is COc1cc([N+](=O)[O-])ccc1N1C[C@H](C(=O)OCC(=O)Nc2ccc(C)cc2C)CC1=O. The van der Waals surface area contributed by atoms with Crippen LogP contribution in [0.4, 0.5) is 17.1 Å². The van der Waals surface area contributed by atoms with Crippen molar-refractivity contribution in [2.24, 2.45) is 5.92 Å². The fourth-order valence-corrected chi connectivity index (χ4v) is 3.50. The van der Waals surface area contributed by atoms with E-state index in [0.29, 0.717) is 11.4 Å². The highest BCUT2D eigenvalue weighted by Crippen LogP contribution is 2.36. The van der Waals surface area contributed by atoms with Gasteiger partial charge in [0.2, 0.25) is 5.91 Å². The predicted octanol–water partition coefficient (Wildman–Crippen LogP) is 2.76. The van der Waals surface area contributed by atoms with Crippen LogP contribution in [0, 0.1) is 29.9 Å². The number of nitro benzene ring substituents is 1. The van der Waals surface area contributed by atoms with Gasteiger partial charge in [-0.3, -0.25) is 24.5 Å². The van der Waals surface area contributed by atoms with Crippen molar-refractivity contribution in [1.29, 1.82) is 0 Å². The highest BCUT2D eigenvalue weighted by atomic mass is 16.6. The van der Waals surface area contributed by atoms with E-state index in [0.717, 1.165) is 11.1 Å². The van der Waals surface area contributed by atoms with Crippen LogP contribution in [0.5, 0.6) is 5.75 Å². The quantitative estimate of drug-likeness (QED) is 0.397. The van der Waals surface area contributed by atoms with Crippen molar-refractivity contribution in [1.82, 2.24) is 0 Å². The van der Waals surface area contributed by atoms with Gasteiger partial charge in [-0.25, -0.2) is 0 Å². The summed E-state index contributed by atoms with van der Waals surface area (Å²) in [4.78, 5) is 48.8. The number of benzene rings is 2. The molecule has 0 bridgehead atoms. The zero-order chi connectivity index (χ0) is 23.4. The third kappa shape index (κ3) is 5.02. The minimum Gasteiger partial charge on any atom is -0.494 e. The molecule has 1 N–H and O–H groups in total. The van der Waals surface area contributed by atoms with Crippen LogP contribution in [0.25, 0.3) is 0 Å². The second kappa shape index (κ2) is 9.46. The number of hydrogen-bond acceptors (Lipinski definition) is 7. The first kappa shape index (κ1) is 22.7. The van der Waals surface area contributed by atoms with Crippen LogP contribution in [0.3, 0.4) is 0 Å². The van der Waals surface area contributed by atoms with Crippen LogP contribution in [0.1, 0.15) is 17.5 Å². The number of amides is 2. The zero-order valence-corrected chi connectivity index (χ0v) is 17.9. The summed E-state index contributed by atoms with van der Waals surface area (Å²) in [6.45, 7) is 3.35. The van der Waals surface area contributed by atoms with Crippen LogP contribution in [-0.2, 0) is 19.1 Å². The van der Waals surface area contributed by atoms with Gasteiger partial charge >= 0.3 is 5.97 Å². The maximum absolute atomic E-state index is 12.5. The van der Waals surface area contributed by atoms with Crippen molar-refractivity contribution in [2.45, 2.75) is 20.3 Å². The molecule has 2 amide bonds. The number of aryl methyl sites for hydroxylation is 2. The van der Waals surface area contributed by atoms with E-state index < -0.39 is 29.3 Å². The lowest BCUT2D eigenvalue weighted by atomic mass is 10.1. The second-order valence-corrected chi connectivity index (χ2v) is 7.49. The summed E-state index contributed by atoms with van der Waals surface area (Å²) in [5.41, 5.74) is 2.73. The van der Waals surface area contributed by atoms with Crippen molar-refractivity contribution in [2.75, 3.05) is 30.5 Å². The molecular formula is C22H23N3O7. The number of non-ortho nitro benzene ring substituents is 1.